The number of ether oxygens (including phenoxy) is 4. The zero-order chi connectivity index (χ0) is 29.5. The summed E-state index contributed by atoms with van der Waals surface area (Å²) in [5.74, 6) is -0.851. The molecule has 0 radical (unpaired) electrons. The van der Waals surface area contributed by atoms with Gasteiger partial charge in [0.15, 0.2) is 6.79 Å². The number of fused-ring (bicyclic) bond motifs is 1. The summed E-state index contributed by atoms with van der Waals surface area (Å²) in [5, 5.41) is 0.236. The van der Waals surface area contributed by atoms with Gasteiger partial charge < -0.3 is 28.4 Å². The molecule has 0 saturated heterocycles. The summed E-state index contributed by atoms with van der Waals surface area (Å²) in [7, 11) is 1.50. The Bertz CT molecular complexity index is 1580. The van der Waals surface area contributed by atoms with Crippen LogP contribution >= 0.6 is 0 Å². The molecule has 0 N–H and O–H groups in total. The van der Waals surface area contributed by atoms with E-state index >= 15 is 0 Å². The molecule has 4 aromatic rings. The highest BCUT2D eigenvalue weighted by molar-refractivity contribution is 6.07. The average molecular weight is 567 g/mol. The summed E-state index contributed by atoms with van der Waals surface area (Å²) in [4.78, 5) is 28.7. The number of amides is 1. The number of pyridine rings is 1. The van der Waals surface area contributed by atoms with Crippen LogP contribution in [0, 0.1) is 11.6 Å². The van der Waals surface area contributed by atoms with E-state index in [1.54, 1.807) is 47.9 Å². The molecule has 0 spiro atoms. The van der Waals surface area contributed by atoms with E-state index in [4.69, 9.17) is 18.9 Å². The van der Waals surface area contributed by atoms with Gasteiger partial charge in [-0.05, 0) is 44.5 Å². The van der Waals surface area contributed by atoms with Gasteiger partial charge in [0.1, 0.15) is 34.4 Å². The second-order valence-electron chi connectivity index (χ2n) is 9.09. The van der Waals surface area contributed by atoms with Crippen molar-refractivity contribution in [3.05, 3.63) is 88.2 Å². The average Bonchev–Trinajstić information content (AvgIpc) is 2.95. The maximum atomic E-state index is 14.0. The fourth-order valence-electron chi connectivity index (χ4n) is 4.42. The minimum absolute atomic E-state index is 0.00189. The number of benzene rings is 3. The number of methoxy groups -OCH3 is 1. The molecule has 216 valence electrons. The number of anilines is 1. The maximum Gasteiger partial charge on any atom is 0.263 e. The van der Waals surface area contributed by atoms with Crippen LogP contribution in [0.4, 0.5) is 14.5 Å². The van der Waals surface area contributed by atoms with E-state index in [2.05, 4.69) is 0 Å². The lowest BCUT2D eigenvalue weighted by Gasteiger charge is -2.22. The molecule has 0 atom stereocenters. The zero-order valence-electron chi connectivity index (χ0n) is 23.4. The first-order valence-electron chi connectivity index (χ1n) is 13.3. The summed E-state index contributed by atoms with van der Waals surface area (Å²) >= 11 is 0. The Morgan fingerprint density at radius 2 is 1.59 bits per heavy atom. The number of carbonyl (C=O) groups is 1. The van der Waals surface area contributed by atoms with Gasteiger partial charge in [-0.3, -0.25) is 9.59 Å². The Kier molecular flexibility index (Phi) is 9.57. The van der Waals surface area contributed by atoms with Crippen molar-refractivity contribution in [3.8, 4) is 22.9 Å². The SMILES string of the molecule is CCCOc1cc(OCC)cc(-n2cc(C(=O)N(CC)c3cc(F)cc(F)c3)c(=O)c3ccc(OCOC)cc32)c1. The molecule has 3 aromatic carbocycles. The molecule has 8 nitrogen and oxygen atoms in total. The molecular formula is C31H32F2N2O6. The molecule has 0 unspecified atom stereocenters. The predicted molar refractivity (Wildman–Crippen MR) is 153 cm³/mol. The van der Waals surface area contributed by atoms with E-state index in [0.717, 1.165) is 29.5 Å². The number of aromatic nitrogens is 1. The Morgan fingerprint density at radius 1 is 0.878 bits per heavy atom. The van der Waals surface area contributed by atoms with Crippen LogP contribution in [0.3, 0.4) is 0 Å². The number of nitrogens with zero attached hydrogens (tertiary/aromatic N) is 2. The molecule has 41 heavy (non-hydrogen) atoms. The van der Waals surface area contributed by atoms with Crippen molar-refractivity contribution in [2.45, 2.75) is 27.2 Å². The Labute approximate surface area is 236 Å². The number of carbonyl (C=O) groups excluding carboxylic acids is 1. The fraction of sp³-hybridized carbons (Fsp3) is 0.290. The number of halogens is 2. The van der Waals surface area contributed by atoms with Crippen molar-refractivity contribution in [2.24, 2.45) is 0 Å². The molecule has 0 fully saturated rings. The van der Waals surface area contributed by atoms with Crippen LogP contribution < -0.4 is 24.5 Å². The monoisotopic (exact) mass is 566 g/mol. The summed E-state index contributed by atoms with van der Waals surface area (Å²) in [6.45, 7) is 6.46. The van der Waals surface area contributed by atoms with Crippen LogP contribution in [0.1, 0.15) is 37.6 Å². The second-order valence-corrected chi connectivity index (χ2v) is 9.09. The van der Waals surface area contributed by atoms with Crippen molar-refractivity contribution in [1.82, 2.24) is 4.57 Å². The Morgan fingerprint density at radius 3 is 2.22 bits per heavy atom. The third kappa shape index (κ3) is 6.66. The van der Waals surface area contributed by atoms with Crippen LogP contribution in [0.2, 0.25) is 0 Å². The lowest BCUT2D eigenvalue weighted by atomic mass is 10.1. The lowest BCUT2D eigenvalue weighted by molar-refractivity contribution is 0.0512. The Balaban J connectivity index is 1.96. The van der Waals surface area contributed by atoms with Crippen LogP contribution in [0.5, 0.6) is 17.2 Å². The summed E-state index contributed by atoms with van der Waals surface area (Å²) in [5.41, 5.74) is 0.281. The van der Waals surface area contributed by atoms with Crippen LogP contribution in [0.25, 0.3) is 16.6 Å². The fourth-order valence-corrected chi connectivity index (χ4v) is 4.42. The Hall–Kier alpha value is -4.44. The highest BCUT2D eigenvalue weighted by Gasteiger charge is 2.24. The molecule has 1 heterocycles. The van der Waals surface area contributed by atoms with Crippen molar-refractivity contribution in [1.29, 1.82) is 0 Å². The van der Waals surface area contributed by atoms with E-state index < -0.39 is 23.0 Å². The van der Waals surface area contributed by atoms with E-state index in [-0.39, 0.29) is 30.0 Å². The molecule has 0 bridgehead atoms. The van der Waals surface area contributed by atoms with Crippen molar-refractivity contribution in [3.63, 3.8) is 0 Å². The van der Waals surface area contributed by atoms with Crippen LogP contribution in [0.15, 0.2) is 65.6 Å². The number of rotatable bonds is 12. The van der Waals surface area contributed by atoms with E-state index in [1.165, 1.54) is 13.3 Å². The van der Waals surface area contributed by atoms with Gasteiger partial charge in [-0.25, -0.2) is 8.78 Å². The normalized spacial score (nSPS) is 11.0. The number of hydrogen-bond donors (Lipinski definition) is 0. The van der Waals surface area contributed by atoms with Crippen LogP contribution in [-0.4, -0.2) is 44.1 Å². The minimum atomic E-state index is -0.835. The quantitative estimate of drug-likeness (QED) is 0.193. The largest absolute Gasteiger partial charge is 0.494 e. The summed E-state index contributed by atoms with van der Waals surface area (Å²) in [6, 6.07) is 13.0. The van der Waals surface area contributed by atoms with Gasteiger partial charge in [0.25, 0.3) is 5.91 Å². The van der Waals surface area contributed by atoms with Gasteiger partial charge in [0, 0.05) is 61.3 Å². The molecule has 0 aliphatic heterocycles. The van der Waals surface area contributed by atoms with Crippen molar-refractivity contribution in [2.75, 3.05) is 38.6 Å². The zero-order valence-corrected chi connectivity index (χ0v) is 23.4. The van der Waals surface area contributed by atoms with Gasteiger partial charge in [-0.1, -0.05) is 6.92 Å². The minimum Gasteiger partial charge on any atom is -0.494 e. The van der Waals surface area contributed by atoms with Crippen molar-refractivity contribution >= 4 is 22.5 Å². The summed E-state index contributed by atoms with van der Waals surface area (Å²) in [6.07, 6.45) is 2.21. The second kappa shape index (κ2) is 13.3. The molecular weight excluding hydrogens is 534 g/mol. The molecule has 0 saturated carbocycles. The standard InChI is InChI=1S/C31H32F2N2O6/c1-5-10-40-26-15-23(14-25(16-26)39-7-3)35-18-28(30(36)27-9-8-24(17-29(27)35)41-19-38-4)31(37)34(6-2)22-12-20(32)11-21(33)13-22/h8-9,11-18H,5-7,10,19H2,1-4H3. The maximum absolute atomic E-state index is 14.0. The van der Waals surface area contributed by atoms with Gasteiger partial charge in [-0.2, -0.15) is 0 Å². The van der Waals surface area contributed by atoms with E-state index in [9.17, 15) is 18.4 Å². The first kappa shape index (κ1) is 29.5. The van der Waals surface area contributed by atoms with Gasteiger partial charge >= 0.3 is 0 Å². The van der Waals surface area contributed by atoms with Crippen LogP contribution in [-0.2, 0) is 4.74 Å². The van der Waals surface area contributed by atoms with Crippen molar-refractivity contribution < 1.29 is 32.5 Å². The molecule has 10 heteroatoms. The smallest absolute Gasteiger partial charge is 0.263 e. The van der Waals surface area contributed by atoms with Gasteiger partial charge in [0.2, 0.25) is 5.43 Å². The van der Waals surface area contributed by atoms with Gasteiger partial charge in [0.05, 0.1) is 24.4 Å². The third-order valence-corrected chi connectivity index (χ3v) is 6.20. The molecule has 4 rings (SSSR count). The number of hydrogen-bond acceptors (Lipinski definition) is 6. The highest BCUT2D eigenvalue weighted by Crippen LogP contribution is 2.30. The first-order chi connectivity index (χ1) is 19.8. The topological polar surface area (TPSA) is 79.2 Å². The third-order valence-electron chi connectivity index (χ3n) is 6.20. The highest BCUT2D eigenvalue weighted by atomic mass is 19.1. The van der Waals surface area contributed by atoms with Gasteiger partial charge in [-0.15, -0.1) is 0 Å². The first-order valence-corrected chi connectivity index (χ1v) is 13.3. The molecule has 1 amide bonds. The van der Waals surface area contributed by atoms with E-state index in [1.807, 2.05) is 13.8 Å². The summed E-state index contributed by atoms with van der Waals surface area (Å²) < 4.78 is 52.0. The molecule has 0 aliphatic rings. The predicted octanol–water partition coefficient (Wildman–Crippen LogP) is 6.11. The molecule has 1 aromatic heterocycles. The lowest BCUT2D eigenvalue weighted by Crippen LogP contribution is -2.35. The molecule has 0 aliphatic carbocycles. The van der Waals surface area contributed by atoms with E-state index in [0.29, 0.717) is 41.7 Å².